The first-order chi connectivity index (χ1) is 14.0. The fraction of sp³-hybridized carbons (Fsp3) is 0.800. The fourth-order valence-electron chi connectivity index (χ4n) is 3.31. The number of likely N-dealkylation sites (tertiary alicyclic amines) is 1. The van der Waals surface area contributed by atoms with Gasteiger partial charge in [0.1, 0.15) is 18.1 Å². The lowest BCUT2D eigenvalue weighted by atomic mass is 9.99. The molecule has 9 nitrogen and oxygen atoms in total. The number of rotatable bonds is 11. The highest BCUT2D eigenvalue weighted by atomic mass is 32.2. The van der Waals surface area contributed by atoms with E-state index in [1.807, 2.05) is 34.0 Å². The number of nitrogens with one attached hydrogen (secondary N) is 2. The van der Waals surface area contributed by atoms with Crippen LogP contribution in [0.4, 0.5) is 0 Å². The molecule has 0 saturated carbocycles. The second-order valence-corrected chi connectivity index (χ2v) is 9.36. The molecule has 0 radical (unpaired) electrons. The molecule has 0 aromatic rings. The van der Waals surface area contributed by atoms with Crippen LogP contribution in [0.25, 0.3) is 0 Å². The first kappa shape index (κ1) is 26.2. The minimum atomic E-state index is -1.09. The van der Waals surface area contributed by atoms with Crippen molar-refractivity contribution in [2.24, 2.45) is 17.6 Å². The largest absolute Gasteiger partial charge is 0.480 e. The van der Waals surface area contributed by atoms with Crippen molar-refractivity contribution in [3.63, 3.8) is 0 Å². The Balaban J connectivity index is 2.90. The third-order valence-electron chi connectivity index (χ3n) is 5.32. The number of carboxylic acid groups (broad SMARTS) is 1. The molecule has 5 N–H and O–H groups in total. The van der Waals surface area contributed by atoms with Crippen molar-refractivity contribution in [3.8, 4) is 0 Å². The molecule has 3 amide bonds. The maximum Gasteiger partial charge on any atom is 0.326 e. The molecule has 1 fully saturated rings. The minimum Gasteiger partial charge on any atom is -0.480 e. The van der Waals surface area contributed by atoms with Gasteiger partial charge in [-0.15, -0.1) is 0 Å². The smallest absolute Gasteiger partial charge is 0.326 e. The lowest BCUT2D eigenvalue weighted by Gasteiger charge is -2.31. The zero-order valence-electron chi connectivity index (χ0n) is 18.5. The van der Waals surface area contributed by atoms with Crippen LogP contribution in [0, 0.1) is 11.8 Å². The SMILES string of the molecule is CSCCC(NC(=O)C1CCCN1C(=O)C(NC(=O)C(N)C(C)C)C(C)C)C(=O)O. The topological polar surface area (TPSA) is 142 Å². The standard InChI is InChI=1S/C20H36N4O5S/c1-11(2)15(21)18(26)23-16(12(3)4)19(27)24-9-6-7-14(24)17(25)22-13(20(28)29)8-10-30-5/h11-16H,6-10,21H2,1-5H3,(H,22,25)(H,23,26)(H,28,29). The summed E-state index contributed by atoms with van der Waals surface area (Å²) < 4.78 is 0. The van der Waals surface area contributed by atoms with Crippen LogP contribution in [0.5, 0.6) is 0 Å². The van der Waals surface area contributed by atoms with Gasteiger partial charge >= 0.3 is 5.97 Å². The van der Waals surface area contributed by atoms with Gasteiger partial charge in [-0.25, -0.2) is 4.79 Å². The van der Waals surface area contributed by atoms with Gasteiger partial charge in [0.25, 0.3) is 0 Å². The van der Waals surface area contributed by atoms with Gasteiger partial charge < -0.3 is 26.4 Å². The zero-order chi connectivity index (χ0) is 23.0. The van der Waals surface area contributed by atoms with Crippen molar-refractivity contribution in [2.75, 3.05) is 18.6 Å². The molecule has 172 valence electrons. The summed E-state index contributed by atoms with van der Waals surface area (Å²) in [6.45, 7) is 7.67. The van der Waals surface area contributed by atoms with Crippen LogP contribution in [0.2, 0.25) is 0 Å². The van der Waals surface area contributed by atoms with E-state index in [9.17, 15) is 24.3 Å². The predicted octanol–water partition coefficient (Wildman–Crippen LogP) is 0.424. The normalized spacial score (nSPS) is 19.5. The van der Waals surface area contributed by atoms with Gasteiger partial charge in [-0.05, 0) is 43.1 Å². The summed E-state index contributed by atoms with van der Waals surface area (Å²) in [5.74, 6) is -1.98. The highest BCUT2D eigenvalue weighted by molar-refractivity contribution is 7.98. The summed E-state index contributed by atoms with van der Waals surface area (Å²) in [6.07, 6.45) is 3.26. The maximum absolute atomic E-state index is 13.2. The van der Waals surface area contributed by atoms with Crippen LogP contribution < -0.4 is 16.4 Å². The number of thioether (sulfide) groups is 1. The number of carbonyl (C=O) groups is 4. The molecule has 0 spiro atoms. The molecule has 0 aromatic heterocycles. The number of hydrogen-bond donors (Lipinski definition) is 4. The van der Waals surface area contributed by atoms with Crippen molar-refractivity contribution in [1.82, 2.24) is 15.5 Å². The number of aliphatic carboxylic acids is 1. The number of carboxylic acids is 1. The second-order valence-electron chi connectivity index (χ2n) is 8.37. The van der Waals surface area contributed by atoms with Gasteiger partial charge in [-0.3, -0.25) is 14.4 Å². The number of hydrogen-bond acceptors (Lipinski definition) is 6. The third-order valence-corrected chi connectivity index (χ3v) is 5.96. The van der Waals surface area contributed by atoms with Crippen LogP contribution in [0.15, 0.2) is 0 Å². The average molecular weight is 445 g/mol. The summed E-state index contributed by atoms with van der Waals surface area (Å²) in [4.78, 5) is 51.3. The van der Waals surface area contributed by atoms with E-state index in [2.05, 4.69) is 10.6 Å². The van der Waals surface area contributed by atoms with E-state index >= 15 is 0 Å². The molecular weight excluding hydrogens is 408 g/mol. The van der Waals surface area contributed by atoms with Crippen LogP contribution in [0.1, 0.15) is 47.0 Å². The van der Waals surface area contributed by atoms with Crippen molar-refractivity contribution in [3.05, 3.63) is 0 Å². The highest BCUT2D eigenvalue weighted by Crippen LogP contribution is 2.21. The van der Waals surface area contributed by atoms with Gasteiger partial charge in [0.2, 0.25) is 17.7 Å². The zero-order valence-corrected chi connectivity index (χ0v) is 19.3. The molecule has 30 heavy (non-hydrogen) atoms. The number of nitrogens with two attached hydrogens (primary N) is 1. The van der Waals surface area contributed by atoms with Crippen molar-refractivity contribution in [1.29, 1.82) is 0 Å². The monoisotopic (exact) mass is 444 g/mol. The number of carbonyl (C=O) groups excluding carboxylic acids is 3. The Morgan fingerprint density at radius 1 is 1.13 bits per heavy atom. The fourth-order valence-corrected chi connectivity index (χ4v) is 3.78. The van der Waals surface area contributed by atoms with E-state index in [-0.39, 0.29) is 17.7 Å². The molecule has 1 saturated heterocycles. The van der Waals surface area contributed by atoms with Crippen LogP contribution >= 0.6 is 11.8 Å². The maximum atomic E-state index is 13.2. The predicted molar refractivity (Wildman–Crippen MR) is 117 cm³/mol. The molecule has 1 heterocycles. The van der Waals surface area contributed by atoms with Crippen molar-refractivity contribution >= 4 is 35.5 Å². The lowest BCUT2D eigenvalue weighted by Crippen LogP contribution is -2.58. The first-order valence-corrected chi connectivity index (χ1v) is 11.8. The molecule has 0 aliphatic carbocycles. The molecule has 4 atom stereocenters. The summed E-state index contributed by atoms with van der Waals surface area (Å²) in [5.41, 5.74) is 5.90. The average Bonchev–Trinajstić information content (AvgIpc) is 3.17. The first-order valence-electron chi connectivity index (χ1n) is 10.4. The Labute approximate surface area is 182 Å². The van der Waals surface area contributed by atoms with Gasteiger partial charge in [0.15, 0.2) is 0 Å². The van der Waals surface area contributed by atoms with Crippen molar-refractivity contribution < 1.29 is 24.3 Å². The van der Waals surface area contributed by atoms with Crippen LogP contribution in [-0.4, -0.2) is 76.4 Å². The summed E-state index contributed by atoms with van der Waals surface area (Å²) in [7, 11) is 0. The van der Waals surface area contributed by atoms with Crippen LogP contribution in [-0.2, 0) is 19.2 Å². The van der Waals surface area contributed by atoms with E-state index < -0.39 is 42.0 Å². The van der Waals surface area contributed by atoms with E-state index in [1.165, 1.54) is 16.7 Å². The summed E-state index contributed by atoms with van der Waals surface area (Å²) in [5, 5.41) is 14.7. The van der Waals surface area contributed by atoms with E-state index in [0.717, 1.165) is 0 Å². The molecule has 4 unspecified atom stereocenters. The Morgan fingerprint density at radius 2 is 1.77 bits per heavy atom. The van der Waals surface area contributed by atoms with Gasteiger partial charge in [0.05, 0.1) is 6.04 Å². The van der Waals surface area contributed by atoms with E-state index in [0.29, 0.717) is 31.6 Å². The summed E-state index contributed by atoms with van der Waals surface area (Å²) >= 11 is 1.50. The molecule has 1 aliphatic heterocycles. The quantitative estimate of drug-likeness (QED) is 0.362. The van der Waals surface area contributed by atoms with E-state index in [1.54, 1.807) is 0 Å². The number of amides is 3. The number of nitrogens with zero attached hydrogens (tertiary/aromatic N) is 1. The van der Waals surface area contributed by atoms with E-state index in [4.69, 9.17) is 5.73 Å². The minimum absolute atomic E-state index is 0.0764. The third kappa shape index (κ3) is 7.16. The van der Waals surface area contributed by atoms with Gasteiger partial charge in [-0.1, -0.05) is 27.7 Å². The lowest BCUT2D eigenvalue weighted by molar-refractivity contribution is -0.145. The highest BCUT2D eigenvalue weighted by Gasteiger charge is 2.40. The molecule has 0 aromatic carbocycles. The molecule has 1 rings (SSSR count). The Bertz CT molecular complexity index is 628. The van der Waals surface area contributed by atoms with Gasteiger partial charge in [0, 0.05) is 6.54 Å². The van der Waals surface area contributed by atoms with Crippen LogP contribution in [0.3, 0.4) is 0 Å². The Morgan fingerprint density at radius 3 is 2.27 bits per heavy atom. The van der Waals surface area contributed by atoms with Gasteiger partial charge in [-0.2, -0.15) is 11.8 Å². The summed E-state index contributed by atoms with van der Waals surface area (Å²) in [6, 6.07) is -3.27. The molecule has 0 bridgehead atoms. The molecule has 10 heteroatoms. The Hall–Kier alpha value is -1.81. The molecule has 1 aliphatic rings. The Kier molecular flexibility index (Phi) is 10.6. The molecular formula is C20H36N4O5S. The second kappa shape index (κ2) is 12.1. The van der Waals surface area contributed by atoms with Crippen molar-refractivity contribution in [2.45, 2.75) is 71.1 Å².